The molecule has 0 unspecified atom stereocenters. The molecule has 0 saturated carbocycles. The van der Waals surface area contributed by atoms with Gasteiger partial charge < -0.3 is 18.3 Å². The van der Waals surface area contributed by atoms with Crippen molar-refractivity contribution in [1.82, 2.24) is 4.57 Å². The molecule has 0 aliphatic heterocycles. The predicted molar refractivity (Wildman–Crippen MR) is 234 cm³/mol. The van der Waals surface area contributed by atoms with E-state index in [0.717, 1.165) is 73.8 Å². The van der Waals surface area contributed by atoms with E-state index in [9.17, 15) is 0 Å². The van der Waals surface area contributed by atoms with Gasteiger partial charge in [-0.05, 0) is 120 Å². The maximum absolute atomic E-state index is 6.22. The summed E-state index contributed by atoms with van der Waals surface area (Å²) in [6.07, 6.45) is 6.57. The summed E-state index contributed by atoms with van der Waals surface area (Å²) >= 11 is 0. The highest BCUT2D eigenvalue weighted by Crippen LogP contribution is 2.43. The van der Waals surface area contributed by atoms with E-state index >= 15 is 0 Å². The zero-order valence-electron chi connectivity index (χ0n) is 30.4. The van der Waals surface area contributed by atoms with Gasteiger partial charge >= 0.3 is 0 Å². The molecule has 8 aromatic carbocycles. The molecule has 1 aliphatic carbocycles. The Balaban J connectivity index is 0.950. The molecule has 0 fully saturated rings. The monoisotopic (exact) mass is 718 g/mol. The number of para-hydroxylation sites is 3. The van der Waals surface area contributed by atoms with E-state index in [1.807, 2.05) is 24.3 Å². The molecular weight excluding hydrogens is 685 g/mol. The first kappa shape index (κ1) is 31.1. The zero-order valence-corrected chi connectivity index (χ0v) is 30.4. The first-order chi connectivity index (χ1) is 27.7. The lowest BCUT2D eigenvalue weighted by Gasteiger charge is -2.26. The molecule has 0 amide bonds. The van der Waals surface area contributed by atoms with Gasteiger partial charge in [-0.2, -0.15) is 0 Å². The fourth-order valence-corrected chi connectivity index (χ4v) is 9.00. The van der Waals surface area contributed by atoms with Gasteiger partial charge in [0.2, 0.25) is 0 Å². The average molecular weight is 719 g/mol. The second-order valence-electron chi connectivity index (χ2n) is 14.9. The molecule has 56 heavy (non-hydrogen) atoms. The van der Waals surface area contributed by atoms with Crippen molar-refractivity contribution >= 4 is 105 Å². The molecule has 12 rings (SSSR count). The molecule has 0 N–H and O–H groups in total. The van der Waals surface area contributed by atoms with Crippen LogP contribution >= 0.6 is 0 Å². The van der Waals surface area contributed by atoms with Gasteiger partial charge in [-0.25, -0.2) is 0 Å². The van der Waals surface area contributed by atoms with Crippen molar-refractivity contribution in [3.05, 3.63) is 188 Å². The zero-order chi connectivity index (χ0) is 36.7. The van der Waals surface area contributed by atoms with Crippen LogP contribution in [0, 0.1) is 0 Å². The number of anilines is 3. The molecule has 3 heterocycles. The molecular formula is C52H34N2O2. The maximum atomic E-state index is 6.22. The van der Waals surface area contributed by atoms with Crippen LogP contribution < -0.4 is 4.90 Å². The molecule has 264 valence electrons. The van der Waals surface area contributed by atoms with Gasteiger partial charge in [0.15, 0.2) is 0 Å². The number of hydrogen-bond donors (Lipinski definition) is 0. The van der Waals surface area contributed by atoms with E-state index in [-0.39, 0.29) is 0 Å². The summed E-state index contributed by atoms with van der Waals surface area (Å²) in [7, 11) is 0. The first-order valence-electron chi connectivity index (χ1n) is 19.3. The van der Waals surface area contributed by atoms with Crippen molar-refractivity contribution in [2.24, 2.45) is 0 Å². The number of allylic oxidation sites excluding steroid dienone is 4. The Morgan fingerprint density at radius 3 is 1.59 bits per heavy atom. The lowest BCUT2D eigenvalue weighted by molar-refractivity contribution is 0.668. The van der Waals surface area contributed by atoms with Crippen LogP contribution in [0.25, 0.3) is 87.7 Å². The summed E-state index contributed by atoms with van der Waals surface area (Å²) < 4.78 is 14.9. The summed E-state index contributed by atoms with van der Waals surface area (Å²) in [5, 5.41) is 9.56. The van der Waals surface area contributed by atoms with Crippen molar-refractivity contribution in [2.75, 3.05) is 4.90 Å². The quantitative estimate of drug-likeness (QED) is 0.178. The largest absolute Gasteiger partial charge is 0.456 e. The number of aromatic nitrogens is 1. The topological polar surface area (TPSA) is 34.5 Å². The number of fused-ring (bicyclic) bond motifs is 10. The summed E-state index contributed by atoms with van der Waals surface area (Å²) in [5.41, 5.74) is 13.2. The van der Waals surface area contributed by atoms with Crippen LogP contribution in [0.5, 0.6) is 0 Å². The Bertz CT molecular complexity index is 3310. The van der Waals surface area contributed by atoms with Crippen LogP contribution in [-0.2, 0) is 0 Å². The molecule has 1 aliphatic rings. The Hall–Kier alpha value is -7.30. The Labute approximate surface area is 322 Å². The van der Waals surface area contributed by atoms with Gasteiger partial charge in [0.05, 0.1) is 11.0 Å². The normalized spacial score (nSPS) is 13.4. The summed E-state index contributed by atoms with van der Waals surface area (Å²) in [4.78, 5) is 2.34. The molecule has 4 heteroatoms. The fourth-order valence-electron chi connectivity index (χ4n) is 9.00. The lowest BCUT2D eigenvalue weighted by atomic mass is 9.95. The Morgan fingerprint density at radius 2 is 0.946 bits per heavy atom. The second-order valence-corrected chi connectivity index (χ2v) is 14.9. The van der Waals surface area contributed by atoms with Crippen molar-refractivity contribution in [3.8, 4) is 0 Å². The minimum absolute atomic E-state index is 0.882. The highest BCUT2D eigenvalue weighted by atomic mass is 16.3. The van der Waals surface area contributed by atoms with Crippen LogP contribution in [0.3, 0.4) is 0 Å². The van der Waals surface area contributed by atoms with E-state index in [0.29, 0.717) is 0 Å². The molecule has 0 atom stereocenters. The van der Waals surface area contributed by atoms with Crippen molar-refractivity contribution in [3.63, 3.8) is 0 Å². The standard InChI is InChI=1S/C52H34N2O2/c1-2-10-36-30-48-44(29-35(36)9-1)41-11-3-6-14-47(41)54(48)38-23-19-34(20-24-38)33-17-21-37(22-18-33)53(39-25-27-51-45(31-39)42-12-4-7-15-49(42)55-51)40-26-28-52-46(32-40)43-13-5-8-16-50(43)56-52/h1-19,21-23,25-32H,20,24H2. The Morgan fingerprint density at radius 1 is 0.393 bits per heavy atom. The molecule has 0 bridgehead atoms. The SMILES string of the molecule is C1=C(c2ccc(N(c3ccc4oc5ccccc5c4c3)c3ccc4oc5ccccc5c4c3)cc2)CCC(n2c3ccccc3c3cc4ccccc4cc32)=C1. The molecule has 4 nitrogen and oxygen atoms in total. The molecule has 0 saturated heterocycles. The molecule has 0 spiro atoms. The third kappa shape index (κ3) is 4.79. The van der Waals surface area contributed by atoms with E-state index in [2.05, 4.69) is 167 Å². The molecule has 11 aromatic rings. The van der Waals surface area contributed by atoms with E-state index < -0.39 is 0 Å². The fraction of sp³-hybridized carbons (Fsp3) is 0.0385. The van der Waals surface area contributed by atoms with Crippen LogP contribution in [0.2, 0.25) is 0 Å². The van der Waals surface area contributed by atoms with Gasteiger partial charge in [-0.3, -0.25) is 0 Å². The highest BCUT2D eigenvalue weighted by Gasteiger charge is 2.20. The number of hydrogen-bond acceptors (Lipinski definition) is 3. The molecule has 3 aromatic heterocycles. The van der Waals surface area contributed by atoms with Crippen LogP contribution in [0.1, 0.15) is 18.4 Å². The number of furan rings is 2. The summed E-state index contributed by atoms with van der Waals surface area (Å²) in [6, 6.07) is 60.8. The highest BCUT2D eigenvalue weighted by molar-refractivity contribution is 6.14. The number of rotatable bonds is 5. The van der Waals surface area contributed by atoms with E-state index in [4.69, 9.17) is 8.83 Å². The van der Waals surface area contributed by atoms with E-state index in [1.165, 1.54) is 49.4 Å². The average Bonchev–Trinajstić information content (AvgIpc) is 3.92. The first-order valence-corrected chi connectivity index (χ1v) is 19.3. The third-order valence-corrected chi connectivity index (χ3v) is 11.7. The maximum Gasteiger partial charge on any atom is 0.135 e. The Kier molecular flexibility index (Phi) is 6.72. The minimum Gasteiger partial charge on any atom is -0.456 e. The number of nitrogens with zero attached hydrogens (tertiary/aromatic N) is 2. The second kappa shape index (κ2) is 12.1. The van der Waals surface area contributed by atoms with Crippen molar-refractivity contribution in [2.45, 2.75) is 12.8 Å². The predicted octanol–water partition coefficient (Wildman–Crippen LogP) is 14.9. The lowest BCUT2D eigenvalue weighted by Crippen LogP contribution is -2.10. The van der Waals surface area contributed by atoms with Crippen LogP contribution in [0.15, 0.2) is 191 Å². The third-order valence-electron chi connectivity index (χ3n) is 11.7. The van der Waals surface area contributed by atoms with Crippen molar-refractivity contribution in [1.29, 1.82) is 0 Å². The number of benzene rings is 8. The van der Waals surface area contributed by atoms with Crippen molar-refractivity contribution < 1.29 is 8.83 Å². The minimum atomic E-state index is 0.882. The van der Waals surface area contributed by atoms with Gasteiger partial charge in [-0.1, -0.05) is 97.1 Å². The van der Waals surface area contributed by atoms with Gasteiger partial charge in [0, 0.05) is 55.1 Å². The van der Waals surface area contributed by atoms with Gasteiger partial charge in [0.1, 0.15) is 22.3 Å². The molecule has 0 radical (unpaired) electrons. The van der Waals surface area contributed by atoms with Crippen LogP contribution in [-0.4, -0.2) is 4.57 Å². The van der Waals surface area contributed by atoms with Crippen LogP contribution in [0.4, 0.5) is 17.1 Å². The summed E-state index contributed by atoms with van der Waals surface area (Å²) in [5.74, 6) is 0. The summed E-state index contributed by atoms with van der Waals surface area (Å²) in [6.45, 7) is 0. The van der Waals surface area contributed by atoms with E-state index in [1.54, 1.807) is 0 Å². The smallest absolute Gasteiger partial charge is 0.135 e. The van der Waals surface area contributed by atoms with Gasteiger partial charge in [-0.15, -0.1) is 0 Å². The van der Waals surface area contributed by atoms with Gasteiger partial charge in [0.25, 0.3) is 0 Å².